The number of benzene rings is 2. The standard InChI is InChI=1S/2C14H15N4O4P/c2*1-10-8-13(15-20-10)17-23(19,18-14-9-11(2)21-16-14)22-12-6-4-3-5-7-12/h2*3-9H,1-2H3,(H2,15,16,17,18,19). The molecule has 4 N–H and O–H groups in total. The summed E-state index contributed by atoms with van der Waals surface area (Å²) in [5.41, 5.74) is 0. The number of hydrogen-bond acceptors (Lipinski definition) is 12. The van der Waals surface area contributed by atoms with Gasteiger partial charge >= 0.3 is 15.3 Å². The average molecular weight is 669 g/mol. The smallest absolute Gasteiger partial charge is 0.414 e. The monoisotopic (exact) mass is 668 g/mol. The fourth-order valence-corrected chi connectivity index (χ4v) is 6.45. The Morgan fingerprint density at radius 1 is 0.478 bits per heavy atom. The number of aromatic nitrogens is 4. The largest absolute Gasteiger partial charge is 0.446 e. The Morgan fingerprint density at radius 3 is 0.957 bits per heavy atom. The maximum Gasteiger partial charge on any atom is 0.446 e. The van der Waals surface area contributed by atoms with Gasteiger partial charge in [0.25, 0.3) is 0 Å². The van der Waals surface area contributed by atoms with Gasteiger partial charge in [-0.15, -0.1) is 0 Å². The summed E-state index contributed by atoms with van der Waals surface area (Å²) in [4.78, 5) is 0. The predicted octanol–water partition coefficient (Wildman–Crippen LogP) is 7.98. The van der Waals surface area contributed by atoms with E-state index < -0.39 is 15.3 Å². The number of aryl methyl sites for hydroxylation is 4. The summed E-state index contributed by atoms with van der Waals surface area (Å²) in [6.45, 7) is 6.93. The highest BCUT2D eigenvalue weighted by Gasteiger charge is 2.29. The lowest BCUT2D eigenvalue weighted by atomic mass is 10.3. The molecule has 18 heteroatoms. The molecule has 0 saturated carbocycles. The SMILES string of the molecule is Cc1cc(NP(=O)(Nc2cc(C)on2)Oc2ccccc2)no1.Cc1cc(NP(=O)(Nc2cc(C)on2)Oc2ccccc2)no1. The van der Waals surface area contributed by atoms with Gasteiger partial charge in [-0.2, -0.15) is 0 Å². The van der Waals surface area contributed by atoms with Crippen LogP contribution in [-0.4, -0.2) is 20.6 Å². The maximum absolute atomic E-state index is 13.1. The molecule has 0 radical (unpaired) electrons. The number of nitrogens with one attached hydrogen (secondary N) is 4. The molecular formula is C28H30N8O8P2. The second kappa shape index (κ2) is 14.1. The van der Waals surface area contributed by atoms with E-state index in [1.807, 2.05) is 12.1 Å². The molecule has 0 aliphatic carbocycles. The van der Waals surface area contributed by atoms with E-state index in [-0.39, 0.29) is 23.3 Å². The van der Waals surface area contributed by atoms with Gasteiger partial charge in [0.05, 0.1) is 0 Å². The molecule has 2 aromatic carbocycles. The van der Waals surface area contributed by atoms with Crippen molar-refractivity contribution in [2.45, 2.75) is 27.7 Å². The summed E-state index contributed by atoms with van der Waals surface area (Å²) in [5.74, 6) is 4.32. The van der Waals surface area contributed by atoms with Crippen molar-refractivity contribution in [1.82, 2.24) is 20.6 Å². The molecule has 0 aliphatic rings. The first kappa shape index (κ1) is 31.9. The lowest BCUT2D eigenvalue weighted by Crippen LogP contribution is -2.12. The molecule has 6 rings (SSSR count). The van der Waals surface area contributed by atoms with E-state index in [0.717, 1.165) is 0 Å². The molecule has 0 spiro atoms. The van der Waals surface area contributed by atoms with Crippen molar-refractivity contribution in [3.05, 3.63) is 108 Å². The summed E-state index contributed by atoms with van der Waals surface area (Å²) >= 11 is 0. The maximum atomic E-state index is 13.1. The first-order valence-corrected chi connectivity index (χ1v) is 16.9. The fraction of sp³-hybridized carbons (Fsp3) is 0.143. The van der Waals surface area contributed by atoms with Crippen molar-refractivity contribution in [3.8, 4) is 11.5 Å². The zero-order valence-electron chi connectivity index (χ0n) is 25.0. The zero-order chi connectivity index (χ0) is 32.6. The third-order valence-corrected chi connectivity index (χ3v) is 8.54. The Labute approximate surface area is 262 Å². The van der Waals surface area contributed by atoms with Crippen LogP contribution in [0, 0.1) is 27.7 Å². The van der Waals surface area contributed by atoms with E-state index in [2.05, 4.69) is 41.0 Å². The molecule has 0 fully saturated rings. The molecule has 46 heavy (non-hydrogen) atoms. The topological polar surface area (TPSA) is 205 Å². The van der Waals surface area contributed by atoms with E-state index >= 15 is 0 Å². The molecule has 0 amide bonds. The van der Waals surface area contributed by atoms with Gasteiger partial charge in [-0.05, 0) is 52.0 Å². The summed E-state index contributed by atoms with van der Waals surface area (Å²) < 4.78 is 57.3. The minimum atomic E-state index is -3.60. The molecule has 0 unspecified atom stereocenters. The molecule has 240 valence electrons. The van der Waals surface area contributed by atoms with Crippen molar-refractivity contribution in [3.63, 3.8) is 0 Å². The highest BCUT2D eigenvalue weighted by molar-refractivity contribution is 7.62. The van der Waals surface area contributed by atoms with E-state index in [0.29, 0.717) is 34.5 Å². The van der Waals surface area contributed by atoms with Gasteiger partial charge in [-0.1, -0.05) is 57.0 Å². The summed E-state index contributed by atoms with van der Waals surface area (Å²) in [6.07, 6.45) is 0. The number of hydrogen-bond donors (Lipinski definition) is 4. The van der Waals surface area contributed by atoms with Gasteiger partial charge in [0.1, 0.15) is 34.5 Å². The highest BCUT2D eigenvalue weighted by Crippen LogP contribution is 2.47. The Hall–Kier alpha value is -5.46. The minimum Gasteiger partial charge on any atom is -0.414 e. The Kier molecular flexibility index (Phi) is 9.79. The normalized spacial score (nSPS) is 11.2. The van der Waals surface area contributed by atoms with E-state index in [1.165, 1.54) is 0 Å². The molecule has 0 aliphatic heterocycles. The Bertz CT molecular complexity index is 1710. The number of nitrogens with zero attached hydrogens (tertiary/aromatic N) is 4. The van der Waals surface area contributed by atoms with E-state index in [4.69, 9.17) is 27.1 Å². The molecule has 0 atom stereocenters. The van der Waals surface area contributed by atoms with Crippen LogP contribution in [0.2, 0.25) is 0 Å². The predicted molar refractivity (Wildman–Crippen MR) is 169 cm³/mol. The summed E-state index contributed by atoms with van der Waals surface area (Å²) in [7, 11) is -7.21. The van der Waals surface area contributed by atoms with Crippen molar-refractivity contribution >= 4 is 38.6 Å². The van der Waals surface area contributed by atoms with Gasteiger partial charge in [0.15, 0.2) is 23.3 Å². The molecule has 4 heterocycles. The average Bonchev–Trinajstić information content (AvgIpc) is 3.80. The van der Waals surface area contributed by atoms with Gasteiger partial charge in [0, 0.05) is 24.3 Å². The highest BCUT2D eigenvalue weighted by atomic mass is 31.2. The van der Waals surface area contributed by atoms with Crippen LogP contribution >= 0.6 is 15.3 Å². The molecule has 0 bridgehead atoms. The first-order chi connectivity index (χ1) is 22.0. The van der Waals surface area contributed by atoms with Crippen LogP contribution in [0.4, 0.5) is 23.3 Å². The van der Waals surface area contributed by atoms with E-state index in [1.54, 1.807) is 100 Å². The molecule has 16 nitrogen and oxygen atoms in total. The van der Waals surface area contributed by atoms with Crippen LogP contribution in [0.15, 0.2) is 103 Å². The van der Waals surface area contributed by atoms with Crippen LogP contribution in [0.3, 0.4) is 0 Å². The zero-order valence-corrected chi connectivity index (χ0v) is 26.8. The second-order valence-electron chi connectivity index (χ2n) is 9.65. The third kappa shape index (κ3) is 9.27. The van der Waals surface area contributed by atoms with E-state index in [9.17, 15) is 9.13 Å². The van der Waals surface area contributed by atoms with Crippen LogP contribution in [0.5, 0.6) is 11.5 Å². The Balaban J connectivity index is 0.000000181. The third-order valence-electron chi connectivity index (χ3n) is 5.51. The van der Waals surface area contributed by atoms with Gasteiger partial charge in [-0.25, -0.2) is 9.13 Å². The number of para-hydroxylation sites is 2. The number of anilines is 4. The molecule has 0 saturated heterocycles. The summed E-state index contributed by atoms with van der Waals surface area (Å²) in [6, 6.07) is 24.0. The molecule has 4 aromatic heterocycles. The van der Waals surface area contributed by atoms with Gasteiger partial charge < -0.3 is 27.1 Å². The Morgan fingerprint density at radius 2 is 0.739 bits per heavy atom. The quantitative estimate of drug-likeness (QED) is 0.0912. The first-order valence-electron chi connectivity index (χ1n) is 13.6. The van der Waals surface area contributed by atoms with Crippen LogP contribution in [0.1, 0.15) is 23.0 Å². The summed E-state index contributed by atoms with van der Waals surface area (Å²) in [5, 5.41) is 25.9. The minimum absolute atomic E-state index is 0.287. The second-order valence-corrected chi connectivity index (χ2v) is 13.1. The van der Waals surface area contributed by atoms with Gasteiger partial charge in [-0.3, -0.25) is 20.3 Å². The van der Waals surface area contributed by atoms with Gasteiger partial charge in [0.2, 0.25) is 0 Å². The number of rotatable bonds is 12. The van der Waals surface area contributed by atoms with Crippen LogP contribution < -0.4 is 29.4 Å². The lowest BCUT2D eigenvalue weighted by Gasteiger charge is -2.19. The van der Waals surface area contributed by atoms with Crippen molar-refractivity contribution in [2.24, 2.45) is 0 Å². The van der Waals surface area contributed by atoms with Crippen molar-refractivity contribution in [2.75, 3.05) is 20.3 Å². The molecule has 6 aromatic rings. The molecular weight excluding hydrogens is 638 g/mol. The van der Waals surface area contributed by atoms with Crippen molar-refractivity contribution in [1.29, 1.82) is 0 Å². The van der Waals surface area contributed by atoms with Crippen LogP contribution in [0.25, 0.3) is 0 Å². The van der Waals surface area contributed by atoms with Crippen LogP contribution in [-0.2, 0) is 9.13 Å². The fourth-order valence-electron chi connectivity index (χ4n) is 3.69. The van der Waals surface area contributed by atoms with Crippen molar-refractivity contribution < 1.29 is 36.3 Å². The lowest BCUT2D eigenvalue weighted by molar-refractivity contribution is 0.399.